The van der Waals surface area contributed by atoms with Crippen LogP contribution in [0.25, 0.3) is 66.8 Å². The predicted octanol–water partition coefficient (Wildman–Crippen LogP) is 17.9. The largest absolute Gasteiger partial charge is 0.311 e. The highest BCUT2D eigenvalue weighted by Gasteiger charge is 2.47. The molecule has 0 radical (unpaired) electrons. The average Bonchev–Trinajstić information content (AvgIpc) is 3.73. The summed E-state index contributed by atoms with van der Waals surface area (Å²) < 4.78 is 0. The topological polar surface area (TPSA) is 3.24 Å². The molecule has 1 aliphatic carbocycles. The quantitative estimate of drug-likeness (QED) is 0.132. The molecule has 0 aliphatic heterocycles. The van der Waals surface area contributed by atoms with Crippen LogP contribution in [0.1, 0.15) is 22.3 Å². The van der Waals surface area contributed by atoms with Crippen molar-refractivity contribution in [3.05, 3.63) is 307 Å². The molecule has 320 valence electrons. The Labute approximate surface area is 399 Å². The van der Waals surface area contributed by atoms with E-state index in [0.717, 1.165) is 22.6 Å². The second kappa shape index (κ2) is 17.5. The van der Waals surface area contributed by atoms with Crippen LogP contribution in [0.3, 0.4) is 0 Å². The first kappa shape index (κ1) is 40.7. The van der Waals surface area contributed by atoms with Gasteiger partial charge in [-0.1, -0.05) is 237 Å². The van der Waals surface area contributed by atoms with Crippen LogP contribution in [0.5, 0.6) is 0 Å². The molecule has 68 heavy (non-hydrogen) atoms. The van der Waals surface area contributed by atoms with Crippen molar-refractivity contribution < 1.29 is 0 Å². The van der Waals surface area contributed by atoms with E-state index in [9.17, 15) is 0 Å². The summed E-state index contributed by atoms with van der Waals surface area (Å²) in [7, 11) is 0. The van der Waals surface area contributed by atoms with E-state index >= 15 is 0 Å². The van der Waals surface area contributed by atoms with Crippen molar-refractivity contribution in [2.24, 2.45) is 0 Å². The van der Waals surface area contributed by atoms with Gasteiger partial charge in [0.25, 0.3) is 0 Å². The van der Waals surface area contributed by atoms with Gasteiger partial charge in [-0.15, -0.1) is 0 Å². The minimum Gasteiger partial charge on any atom is -0.311 e. The van der Waals surface area contributed by atoms with Crippen LogP contribution in [0.2, 0.25) is 0 Å². The number of hydrogen-bond donors (Lipinski definition) is 0. The lowest BCUT2D eigenvalue weighted by molar-refractivity contribution is 0.769. The molecule has 0 bridgehead atoms. The lowest BCUT2D eigenvalue weighted by Gasteiger charge is -2.34. The Balaban J connectivity index is 1.06. The summed E-state index contributed by atoms with van der Waals surface area (Å²) in [5.74, 6) is 0. The van der Waals surface area contributed by atoms with Gasteiger partial charge in [0.05, 0.1) is 5.41 Å². The van der Waals surface area contributed by atoms with Crippen molar-refractivity contribution in [3.8, 4) is 66.8 Å². The molecule has 0 aromatic heterocycles. The van der Waals surface area contributed by atoms with Gasteiger partial charge >= 0.3 is 0 Å². The second-order valence-electron chi connectivity index (χ2n) is 17.6. The van der Waals surface area contributed by atoms with Gasteiger partial charge in [0.1, 0.15) is 0 Å². The third-order valence-electron chi connectivity index (χ3n) is 13.8. The zero-order valence-corrected chi connectivity index (χ0v) is 37.6. The molecule has 0 unspecified atom stereocenters. The first-order valence-corrected chi connectivity index (χ1v) is 23.5. The van der Waals surface area contributed by atoms with E-state index in [1.807, 2.05) is 0 Å². The van der Waals surface area contributed by atoms with Crippen LogP contribution in [0.4, 0.5) is 17.1 Å². The van der Waals surface area contributed by atoms with E-state index in [2.05, 4.69) is 290 Å². The van der Waals surface area contributed by atoms with Crippen molar-refractivity contribution in [1.29, 1.82) is 0 Å². The van der Waals surface area contributed by atoms with Crippen molar-refractivity contribution in [2.45, 2.75) is 5.41 Å². The predicted molar refractivity (Wildman–Crippen MR) is 286 cm³/mol. The molecular weight excluding hydrogens is 819 g/mol. The zero-order chi connectivity index (χ0) is 45.3. The standard InChI is InChI=1S/C67H47N/c1-7-20-48(21-8-1)50-34-40-57(41-35-50)68(58-42-36-51(37-43-58)49-22-9-2-10-23-49)59-44-38-54(39-45-59)62-47-65-63(46-61(62)53-26-13-4-14-27-53)66-60(52-24-11-3-12-25-52)32-19-33-64(66)67(65,55-28-15-5-16-29-55)56-30-17-6-18-31-56/h1-47H. The molecule has 1 nitrogen and oxygen atoms in total. The Kier molecular flexibility index (Phi) is 10.5. The summed E-state index contributed by atoms with van der Waals surface area (Å²) in [6.07, 6.45) is 0. The first-order chi connectivity index (χ1) is 33.7. The molecule has 0 spiro atoms. The number of anilines is 3. The van der Waals surface area contributed by atoms with Crippen LogP contribution in [0.15, 0.2) is 285 Å². The van der Waals surface area contributed by atoms with E-state index in [1.165, 1.54) is 83.5 Å². The Morgan fingerprint density at radius 2 is 0.559 bits per heavy atom. The molecule has 0 N–H and O–H groups in total. The summed E-state index contributed by atoms with van der Waals surface area (Å²) in [6, 6.07) is 104. The third kappa shape index (κ3) is 7.13. The maximum Gasteiger partial charge on any atom is 0.0714 e. The Morgan fingerprint density at radius 1 is 0.221 bits per heavy atom. The van der Waals surface area contributed by atoms with E-state index in [0.29, 0.717) is 0 Å². The highest BCUT2D eigenvalue weighted by molar-refractivity contribution is 6.00. The van der Waals surface area contributed by atoms with Crippen LogP contribution < -0.4 is 4.90 Å². The molecule has 0 fully saturated rings. The van der Waals surface area contributed by atoms with Crippen molar-refractivity contribution in [2.75, 3.05) is 4.90 Å². The van der Waals surface area contributed by atoms with E-state index in [4.69, 9.17) is 0 Å². The number of nitrogens with zero attached hydrogens (tertiary/aromatic N) is 1. The number of fused-ring (bicyclic) bond motifs is 3. The minimum absolute atomic E-state index is 0.573. The van der Waals surface area contributed by atoms with Gasteiger partial charge in [0.15, 0.2) is 0 Å². The SMILES string of the molecule is c1ccc(-c2ccc(N(c3ccc(-c4ccccc4)cc3)c3ccc(-c4cc5c(cc4-c4ccccc4)-c4c(-c6ccccc6)cccc4C5(c4ccccc4)c4ccccc4)cc3)cc2)cc1. The molecule has 12 rings (SSSR count). The lowest BCUT2D eigenvalue weighted by Crippen LogP contribution is -2.28. The van der Waals surface area contributed by atoms with E-state index in [-0.39, 0.29) is 0 Å². The van der Waals surface area contributed by atoms with Crippen molar-refractivity contribution >= 4 is 17.1 Å². The van der Waals surface area contributed by atoms with Crippen LogP contribution in [-0.2, 0) is 5.41 Å². The Bertz CT molecular complexity index is 3360. The van der Waals surface area contributed by atoms with Crippen LogP contribution >= 0.6 is 0 Å². The van der Waals surface area contributed by atoms with E-state index in [1.54, 1.807) is 0 Å². The molecule has 11 aromatic rings. The average molecular weight is 866 g/mol. The second-order valence-corrected chi connectivity index (χ2v) is 17.6. The van der Waals surface area contributed by atoms with Gasteiger partial charge in [-0.25, -0.2) is 0 Å². The van der Waals surface area contributed by atoms with Crippen molar-refractivity contribution in [1.82, 2.24) is 0 Å². The summed E-state index contributed by atoms with van der Waals surface area (Å²) in [4.78, 5) is 2.37. The zero-order valence-electron chi connectivity index (χ0n) is 37.6. The van der Waals surface area contributed by atoms with Crippen molar-refractivity contribution in [3.63, 3.8) is 0 Å². The summed E-state index contributed by atoms with van der Waals surface area (Å²) in [6.45, 7) is 0. The molecule has 11 aromatic carbocycles. The fourth-order valence-electron chi connectivity index (χ4n) is 10.6. The Morgan fingerprint density at radius 3 is 1.00 bits per heavy atom. The summed E-state index contributed by atoms with van der Waals surface area (Å²) in [5.41, 5.74) is 22.3. The fourth-order valence-corrected chi connectivity index (χ4v) is 10.6. The molecule has 0 saturated heterocycles. The molecule has 1 heteroatoms. The van der Waals surface area contributed by atoms with Gasteiger partial charge in [-0.3, -0.25) is 0 Å². The maximum absolute atomic E-state index is 2.52. The molecule has 1 aliphatic rings. The van der Waals surface area contributed by atoms with Gasteiger partial charge in [-0.05, 0) is 138 Å². The maximum atomic E-state index is 2.52. The highest BCUT2D eigenvalue weighted by Crippen LogP contribution is 2.60. The molecular formula is C67H47N. The molecule has 0 heterocycles. The van der Waals surface area contributed by atoms with Gasteiger partial charge in [0.2, 0.25) is 0 Å². The Hall–Kier alpha value is -8.78. The summed E-state index contributed by atoms with van der Waals surface area (Å²) >= 11 is 0. The third-order valence-corrected chi connectivity index (χ3v) is 13.8. The first-order valence-electron chi connectivity index (χ1n) is 23.5. The smallest absolute Gasteiger partial charge is 0.0714 e. The number of rotatable bonds is 10. The van der Waals surface area contributed by atoms with E-state index < -0.39 is 5.41 Å². The number of hydrogen-bond acceptors (Lipinski definition) is 1. The molecule has 0 atom stereocenters. The molecule has 0 amide bonds. The highest BCUT2D eigenvalue weighted by atomic mass is 15.1. The van der Waals surface area contributed by atoms with Gasteiger partial charge in [-0.2, -0.15) is 0 Å². The van der Waals surface area contributed by atoms with Gasteiger partial charge < -0.3 is 4.90 Å². The normalized spacial score (nSPS) is 12.2. The van der Waals surface area contributed by atoms with Gasteiger partial charge in [0, 0.05) is 17.1 Å². The fraction of sp³-hybridized carbons (Fsp3) is 0.0149. The molecule has 0 saturated carbocycles. The lowest BCUT2D eigenvalue weighted by atomic mass is 9.67. The summed E-state index contributed by atoms with van der Waals surface area (Å²) in [5, 5.41) is 0. The monoisotopic (exact) mass is 865 g/mol. The van der Waals surface area contributed by atoms with Crippen LogP contribution in [0, 0.1) is 0 Å². The number of benzene rings is 11. The van der Waals surface area contributed by atoms with Crippen LogP contribution in [-0.4, -0.2) is 0 Å². The minimum atomic E-state index is -0.573.